The van der Waals surface area contributed by atoms with E-state index in [0.29, 0.717) is 11.7 Å². The minimum atomic E-state index is 0.166. The molecule has 0 radical (unpaired) electrons. The molecule has 2 fully saturated rings. The Kier molecular flexibility index (Phi) is 3.03. The normalized spacial score (nSPS) is 18.9. The van der Waals surface area contributed by atoms with E-state index in [4.69, 9.17) is 5.73 Å². The van der Waals surface area contributed by atoms with Gasteiger partial charge in [-0.3, -0.25) is 4.79 Å². The molecule has 0 aromatic carbocycles. The fraction of sp³-hybridized carbons (Fsp3) is 0.667. The number of nitrogens with zero attached hydrogens (tertiary/aromatic N) is 2. The lowest BCUT2D eigenvalue weighted by molar-refractivity contribution is 0.0722. The summed E-state index contributed by atoms with van der Waals surface area (Å²) in [6, 6.07) is 2.56. The van der Waals surface area contributed by atoms with Gasteiger partial charge in [-0.05, 0) is 51.5 Å². The number of amides is 1. The largest absolute Gasteiger partial charge is 0.397 e. The summed E-state index contributed by atoms with van der Waals surface area (Å²) in [4.78, 5) is 14.9. The molecule has 0 atom stereocenters. The molecule has 2 aliphatic rings. The van der Waals surface area contributed by atoms with Crippen molar-refractivity contribution in [3.05, 3.63) is 18.0 Å². The van der Waals surface area contributed by atoms with E-state index in [0.717, 1.165) is 31.0 Å². The van der Waals surface area contributed by atoms with Gasteiger partial charge in [-0.1, -0.05) is 0 Å². The molecule has 0 aliphatic heterocycles. The molecule has 1 amide bonds. The molecule has 1 aromatic rings. The van der Waals surface area contributed by atoms with Crippen molar-refractivity contribution in [3.8, 4) is 0 Å². The van der Waals surface area contributed by atoms with Gasteiger partial charge >= 0.3 is 0 Å². The number of hydrogen-bond acceptors (Lipinski definition) is 2. The molecule has 3 rings (SSSR count). The fourth-order valence-corrected chi connectivity index (χ4v) is 2.61. The summed E-state index contributed by atoms with van der Waals surface area (Å²) in [5.74, 6) is 0.907. The Morgan fingerprint density at radius 1 is 1.42 bits per heavy atom. The molecule has 4 heteroatoms. The summed E-state index contributed by atoms with van der Waals surface area (Å²) in [5, 5.41) is 0. The van der Waals surface area contributed by atoms with E-state index in [2.05, 4.69) is 18.7 Å². The third-order valence-electron chi connectivity index (χ3n) is 4.05. The van der Waals surface area contributed by atoms with Gasteiger partial charge in [0.15, 0.2) is 0 Å². The predicted octanol–water partition coefficient (Wildman–Crippen LogP) is 2.67. The molecule has 104 valence electrons. The number of nitrogens with two attached hydrogens (primary N) is 1. The highest BCUT2D eigenvalue weighted by Gasteiger charge is 2.37. The van der Waals surface area contributed by atoms with E-state index >= 15 is 0 Å². The maximum atomic E-state index is 12.8. The van der Waals surface area contributed by atoms with Crippen molar-refractivity contribution in [2.75, 3.05) is 12.3 Å². The highest BCUT2D eigenvalue weighted by molar-refractivity contribution is 5.94. The van der Waals surface area contributed by atoms with Gasteiger partial charge < -0.3 is 15.2 Å². The highest BCUT2D eigenvalue weighted by atomic mass is 16.2. The maximum Gasteiger partial charge on any atom is 0.270 e. The van der Waals surface area contributed by atoms with Gasteiger partial charge in [-0.25, -0.2) is 0 Å². The zero-order valence-electron chi connectivity index (χ0n) is 11.8. The number of hydrogen-bond donors (Lipinski definition) is 1. The molecule has 1 aromatic heterocycles. The van der Waals surface area contributed by atoms with Crippen LogP contribution in [-0.4, -0.2) is 28.0 Å². The lowest BCUT2D eigenvalue weighted by Crippen LogP contribution is -2.36. The summed E-state index contributed by atoms with van der Waals surface area (Å²) in [6.45, 7) is 5.10. The smallest absolute Gasteiger partial charge is 0.270 e. The molecule has 1 heterocycles. The van der Waals surface area contributed by atoms with E-state index in [1.165, 1.54) is 12.8 Å². The monoisotopic (exact) mass is 261 g/mol. The minimum absolute atomic E-state index is 0.166. The van der Waals surface area contributed by atoms with Crippen LogP contribution in [0.1, 0.15) is 56.1 Å². The maximum absolute atomic E-state index is 12.8. The average Bonchev–Trinajstić information content (AvgIpc) is 3.24. The first-order chi connectivity index (χ1) is 9.06. The number of aromatic nitrogens is 1. The first-order valence-corrected chi connectivity index (χ1v) is 7.34. The van der Waals surface area contributed by atoms with E-state index in [1.807, 2.05) is 16.8 Å². The van der Waals surface area contributed by atoms with Crippen LogP contribution in [0.2, 0.25) is 0 Å². The zero-order valence-corrected chi connectivity index (χ0v) is 11.8. The Morgan fingerprint density at radius 3 is 2.63 bits per heavy atom. The van der Waals surface area contributed by atoms with Gasteiger partial charge in [-0.2, -0.15) is 0 Å². The third-order valence-corrected chi connectivity index (χ3v) is 4.05. The van der Waals surface area contributed by atoms with E-state index < -0.39 is 0 Å². The second kappa shape index (κ2) is 4.58. The molecular weight excluding hydrogens is 238 g/mol. The van der Waals surface area contributed by atoms with Crippen LogP contribution >= 0.6 is 0 Å². The van der Waals surface area contributed by atoms with Crippen LogP contribution in [0.5, 0.6) is 0 Å². The standard InChI is InChI=1S/C15H23N3O/c1-10(2)17-9-12(16)7-14(17)15(19)18(13-5-6-13)8-11-3-4-11/h7,9-11,13H,3-6,8,16H2,1-2H3. The minimum Gasteiger partial charge on any atom is -0.397 e. The van der Waals surface area contributed by atoms with E-state index in [9.17, 15) is 4.79 Å². The first-order valence-electron chi connectivity index (χ1n) is 7.34. The molecule has 0 bridgehead atoms. The topological polar surface area (TPSA) is 51.3 Å². The van der Waals surface area contributed by atoms with Crippen LogP contribution in [0.15, 0.2) is 12.3 Å². The number of rotatable bonds is 5. The van der Waals surface area contributed by atoms with Gasteiger partial charge in [0.1, 0.15) is 5.69 Å². The molecule has 19 heavy (non-hydrogen) atoms. The third kappa shape index (κ3) is 2.62. The molecular formula is C15H23N3O. The summed E-state index contributed by atoms with van der Waals surface area (Å²) in [6.07, 6.45) is 6.76. The van der Waals surface area contributed by atoms with Gasteiger partial charge in [-0.15, -0.1) is 0 Å². The van der Waals surface area contributed by atoms with Gasteiger partial charge in [0.05, 0.1) is 5.69 Å². The highest BCUT2D eigenvalue weighted by Crippen LogP contribution is 2.36. The van der Waals surface area contributed by atoms with Crippen LogP contribution in [-0.2, 0) is 0 Å². The summed E-state index contributed by atoms with van der Waals surface area (Å²) in [7, 11) is 0. The lowest BCUT2D eigenvalue weighted by atomic mass is 10.2. The van der Waals surface area contributed by atoms with Crippen molar-refractivity contribution in [1.29, 1.82) is 0 Å². The van der Waals surface area contributed by atoms with E-state index in [-0.39, 0.29) is 11.9 Å². The lowest BCUT2D eigenvalue weighted by Gasteiger charge is -2.24. The Hall–Kier alpha value is -1.45. The molecule has 2 saturated carbocycles. The average molecular weight is 261 g/mol. The van der Waals surface area contributed by atoms with Crippen molar-refractivity contribution in [2.45, 2.75) is 51.6 Å². The first kappa shape index (κ1) is 12.6. The van der Waals surface area contributed by atoms with Gasteiger partial charge in [0.25, 0.3) is 5.91 Å². The van der Waals surface area contributed by atoms with E-state index in [1.54, 1.807) is 0 Å². The Morgan fingerprint density at radius 2 is 2.11 bits per heavy atom. The number of carbonyl (C=O) groups is 1. The molecule has 0 unspecified atom stereocenters. The summed E-state index contributed by atoms with van der Waals surface area (Å²) >= 11 is 0. The van der Waals surface area contributed by atoms with Gasteiger partial charge in [0.2, 0.25) is 0 Å². The number of nitrogen functional groups attached to an aromatic ring is 1. The van der Waals surface area contributed by atoms with Crippen molar-refractivity contribution >= 4 is 11.6 Å². The van der Waals surface area contributed by atoms with Crippen LogP contribution in [0.4, 0.5) is 5.69 Å². The molecule has 2 N–H and O–H groups in total. The van der Waals surface area contributed by atoms with Crippen LogP contribution in [0.3, 0.4) is 0 Å². The Balaban J connectivity index is 1.84. The number of carbonyl (C=O) groups excluding carboxylic acids is 1. The quantitative estimate of drug-likeness (QED) is 0.886. The zero-order chi connectivity index (χ0) is 13.6. The van der Waals surface area contributed by atoms with Crippen molar-refractivity contribution in [2.24, 2.45) is 5.92 Å². The van der Waals surface area contributed by atoms with Crippen LogP contribution in [0, 0.1) is 5.92 Å². The number of anilines is 1. The van der Waals surface area contributed by atoms with Crippen molar-refractivity contribution in [1.82, 2.24) is 9.47 Å². The van der Waals surface area contributed by atoms with Gasteiger partial charge in [0, 0.05) is 24.8 Å². The van der Waals surface area contributed by atoms with Crippen molar-refractivity contribution < 1.29 is 4.79 Å². The second-order valence-corrected chi connectivity index (χ2v) is 6.29. The summed E-state index contributed by atoms with van der Waals surface area (Å²) < 4.78 is 2.00. The SMILES string of the molecule is CC(C)n1cc(N)cc1C(=O)N(CC1CC1)C1CC1. The fourth-order valence-electron chi connectivity index (χ4n) is 2.61. The van der Waals surface area contributed by atoms with Crippen LogP contribution < -0.4 is 5.73 Å². The Labute approximate surface area is 114 Å². The molecule has 2 aliphatic carbocycles. The Bertz CT molecular complexity index is 484. The second-order valence-electron chi connectivity index (χ2n) is 6.29. The molecule has 0 spiro atoms. The summed E-state index contributed by atoms with van der Waals surface area (Å²) in [5.41, 5.74) is 7.30. The van der Waals surface area contributed by atoms with Crippen molar-refractivity contribution in [3.63, 3.8) is 0 Å². The predicted molar refractivity (Wildman–Crippen MR) is 76.0 cm³/mol. The molecule has 0 saturated heterocycles. The van der Waals surface area contributed by atoms with Crippen LogP contribution in [0.25, 0.3) is 0 Å². The molecule has 4 nitrogen and oxygen atoms in total.